The Bertz CT molecular complexity index is 530. The molecule has 0 radical (unpaired) electrons. The summed E-state index contributed by atoms with van der Waals surface area (Å²) >= 11 is 0. The number of aliphatic carboxylic acids is 1. The number of aryl methyl sites for hydroxylation is 1. The summed E-state index contributed by atoms with van der Waals surface area (Å²) in [5.41, 5.74) is 2.41. The molecule has 2 aromatic rings. The molecule has 2 N–H and O–H groups in total. The lowest BCUT2D eigenvalue weighted by atomic mass is 10.1. The minimum Gasteiger partial charge on any atom is -0.496 e. The maximum Gasteiger partial charge on any atom is 0.368 e. The topological polar surface area (TPSA) is 79.4 Å². The van der Waals surface area contributed by atoms with Crippen molar-refractivity contribution in [2.75, 3.05) is 7.11 Å². The molecule has 0 saturated carbocycles. The van der Waals surface area contributed by atoms with Crippen molar-refractivity contribution in [2.24, 2.45) is 0 Å². The van der Waals surface area contributed by atoms with Crippen LogP contribution in [-0.4, -0.2) is 29.5 Å². The first-order valence-electron chi connectivity index (χ1n) is 4.89. The second-order valence-corrected chi connectivity index (χ2v) is 3.31. The summed E-state index contributed by atoms with van der Waals surface area (Å²) in [5.74, 6) is -0.498. The average Bonchev–Trinajstić information content (AvgIpc) is 2.80. The van der Waals surface area contributed by atoms with Gasteiger partial charge in [-0.15, -0.1) is 0 Å². The number of carboxylic acid groups (broad SMARTS) is 1. The number of hydrogen-bond donors (Lipinski definition) is 2. The summed E-state index contributed by atoms with van der Waals surface area (Å²) < 4.78 is 5.22. The van der Waals surface area contributed by atoms with Crippen LogP contribution in [-0.2, 0) is 9.59 Å². The first-order chi connectivity index (χ1) is 8.10. The van der Waals surface area contributed by atoms with Gasteiger partial charge < -0.3 is 14.8 Å². The van der Waals surface area contributed by atoms with Crippen LogP contribution in [0.1, 0.15) is 5.56 Å². The van der Waals surface area contributed by atoms with Gasteiger partial charge in [-0.2, -0.15) is 0 Å². The fourth-order valence-corrected chi connectivity index (χ4v) is 1.45. The van der Waals surface area contributed by atoms with E-state index in [1.807, 2.05) is 18.3 Å². The number of ether oxygens (including phenoxy) is 1. The normalized spacial score (nSPS) is 9.29. The highest BCUT2D eigenvalue weighted by Crippen LogP contribution is 2.26. The molecule has 0 bridgehead atoms. The van der Waals surface area contributed by atoms with Gasteiger partial charge in [0.05, 0.1) is 12.6 Å². The van der Waals surface area contributed by atoms with E-state index in [2.05, 4.69) is 18.0 Å². The Morgan fingerprint density at radius 3 is 2.59 bits per heavy atom. The minimum absolute atomic E-state index is 0.167. The van der Waals surface area contributed by atoms with E-state index in [0.29, 0.717) is 0 Å². The van der Waals surface area contributed by atoms with Crippen LogP contribution >= 0.6 is 0 Å². The van der Waals surface area contributed by atoms with Crippen molar-refractivity contribution in [1.82, 2.24) is 4.98 Å². The number of fused-ring (bicyclic) bond motifs is 1. The summed E-state index contributed by atoms with van der Waals surface area (Å²) in [7, 11) is 1.69. The molecule has 0 spiro atoms. The largest absolute Gasteiger partial charge is 0.496 e. The Morgan fingerprint density at radius 2 is 2.06 bits per heavy atom. The van der Waals surface area contributed by atoms with Crippen molar-refractivity contribution in [1.29, 1.82) is 0 Å². The minimum atomic E-state index is -1.43. The van der Waals surface area contributed by atoms with Crippen LogP contribution in [0.3, 0.4) is 0 Å². The number of aromatic amines is 1. The third kappa shape index (κ3) is 3.07. The van der Waals surface area contributed by atoms with Gasteiger partial charge in [0.1, 0.15) is 5.75 Å². The molecule has 0 fully saturated rings. The molecule has 90 valence electrons. The number of carbonyl (C=O) groups excluding carboxylic acids is 1. The second-order valence-electron chi connectivity index (χ2n) is 3.31. The van der Waals surface area contributed by atoms with E-state index in [4.69, 9.17) is 19.4 Å². The zero-order chi connectivity index (χ0) is 12.8. The molecule has 5 heteroatoms. The van der Waals surface area contributed by atoms with Crippen LogP contribution in [0.25, 0.3) is 10.9 Å². The lowest BCUT2D eigenvalue weighted by Gasteiger charge is -2.02. The fourth-order valence-electron chi connectivity index (χ4n) is 1.45. The number of carboxylic acids is 1. The van der Waals surface area contributed by atoms with Crippen LogP contribution in [0.15, 0.2) is 24.4 Å². The molecule has 0 aliphatic carbocycles. The van der Waals surface area contributed by atoms with Crippen molar-refractivity contribution in [3.63, 3.8) is 0 Å². The Hall–Kier alpha value is -2.30. The summed E-state index contributed by atoms with van der Waals surface area (Å²) in [4.78, 5) is 21.1. The number of H-pyrrole nitrogens is 1. The van der Waals surface area contributed by atoms with E-state index in [1.54, 1.807) is 7.11 Å². The van der Waals surface area contributed by atoms with E-state index in [1.165, 1.54) is 5.56 Å². The molecule has 0 aliphatic heterocycles. The molecule has 0 saturated heterocycles. The Morgan fingerprint density at radius 1 is 1.41 bits per heavy atom. The lowest BCUT2D eigenvalue weighted by molar-refractivity contribution is -0.143. The predicted octanol–water partition coefficient (Wildman–Crippen LogP) is 1.75. The van der Waals surface area contributed by atoms with Crippen molar-refractivity contribution in [3.05, 3.63) is 30.0 Å². The van der Waals surface area contributed by atoms with Gasteiger partial charge in [0.2, 0.25) is 6.29 Å². The Kier molecular flexibility index (Phi) is 4.28. The van der Waals surface area contributed by atoms with Crippen molar-refractivity contribution < 1.29 is 19.4 Å². The van der Waals surface area contributed by atoms with Gasteiger partial charge in [-0.05, 0) is 24.6 Å². The number of nitrogens with one attached hydrogen (secondary N) is 1. The number of aldehydes is 1. The Labute approximate surface area is 98.0 Å². The highest BCUT2D eigenvalue weighted by molar-refractivity contribution is 6.19. The molecule has 0 aliphatic rings. The summed E-state index contributed by atoms with van der Waals surface area (Å²) in [5, 5.41) is 8.50. The van der Waals surface area contributed by atoms with Gasteiger partial charge in [-0.3, -0.25) is 4.79 Å². The molecule has 5 nitrogen and oxygen atoms in total. The number of hydrogen-bond acceptors (Lipinski definition) is 3. The highest BCUT2D eigenvalue weighted by Gasteiger charge is 2.02. The van der Waals surface area contributed by atoms with Gasteiger partial charge in [-0.1, -0.05) is 6.07 Å². The van der Waals surface area contributed by atoms with Crippen molar-refractivity contribution in [2.45, 2.75) is 6.92 Å². The molecule has 2 rings (SSSR count). The van der Waals surface area contributed by atoms with Gasteiger partial charge in [-0.25, -0.2) is 4.79 Å². The van der Waals surface area contributed by atoms with Gasteiger partial charge in [0.25, 0.3) is 0 Å². The van der Waals surface area contributed by atoms with E-state index in [9.17, 15) is 0 Å². The number of rotatable bonds is 2. The number of benzene rings is 1. The summed E-state index contributed by atoms with van der Waals surface area (Å²) in [6, 6.07) is 6.07. The van der Waals surface area contributed by atoms with Gasteiger partial charge in [0.15, 0.2) is 0 Å². The van der Waals surface area contributed by atoms with Crippen LogP contribution in [0, 0.1) is 6.92 Å². The second kappa shape index (κ2) is 5.69. The fraction of sp³-hybridized carbons (Fsp3) is 0.167. The van der Waals surface area contributed by atoms with E-state index >= 15 is 0 Å². The zero-order valence-electron chi connectivity index (χ0n) is 9.56. The van der Waals surface area contributed by atoms with Crippen molar-refractivity contribution in [3.8, 4) is 5.75 Å². The molecule has 0 atom stereocenters. The highest BCUT2D eigenvalue weighted by atomic mass is 16.5. The number of aromatic nitrogens is 1. The van der Waals surface area contributed by atoms with E-state index < -0.39 is 5.97 Å². The Balaban J connectivity index is 0.000000249. The molecular weight excluding hydrogens is 222 g/mol. The smallest absolute Gasteiger partial charge is 0.368 e. The quantitative estimate of drug-likeness (QED) is 0.614. The number of carbonyl (C=O) groups is 2. The summed E-state index contributed by atoms with van der Waals surface area (Å²) in [6.45, 7) is 2.08. The zero-order valence-corrected chi connectivity index (χ0v) is 9.56. The molecule has 1 aromatic carbocycles. The maximum absolute atomic E-state index is 9.00. The molecule has 0 unspecified atom stereocenters. The molecule has 0 amide bonds. The van der Waals surface area contributed by atoms with Crippen LogP contribution in [0.4, 0.5) is 0 Å². The third-order valence-corrected chi connectivity index (χ3v) is 2.21. The van der Waals surface area contributed by atoms with Crippen LogP contribution in [0.5, 0.6) is 5.75 Å². The van der Waals surface area contributed by atoms with E-state index in [0.717, 1.165) is 16.7 Å². The van der Waals surface area contributed by atoms with Gasteiger partial charge in [0, 0.05) is 11.6 Å². The predicted molar refractivity (Wildman–Crippen MR) is 63.3 cm³/mol. The molecular formula is C12H13NO4. The first kappa shape index (κ1) is 12.8. The third-order valence-electron chi connectivity index (χ3n) is 2.21. The summed E-state index contributed by atoms with van der Waals surface area (Å²) in [6.07, 6.45) is 1.76. The monoisotopic (exact) mass is 235 g/mol. The standard InChI is InChI=1S/C10H11NO.C2H2O3/c1-7-3-4-9(12-2)8-5-6-11-10(7)8;3-1-2(4)5/h3-6,11H,1-2H3;1H,(H,4,5). The van der Waals surface area contributed by atoms with Crippen LogP contribution < -0.4 is 4.74 Å². The van der Waals surface area contributed by atoms with E-state index in [-0.39, 0.29) is 6.29 Å². The van der Waals surface area contributed by atoms with Gasteiger partial charge >= 0.3 is 5.97 Å². The average molecular weight is 235 g/mol. The SMILES string of the molecule is COc1ccc(C)c2[nH]ccc12.O=CC(=O)O. The van der Waals surface area contributed by atoms with Crippen molar-refractivity contribution >= 4 is 23.2 Å². The molecule has 1 aromatic heterocycles. The maximum atomic E-state index is 9.00. The van der Waals surface area contributed by atoms with Crippen LogP contribution in [0.2, 0.25) is 0 Å². The molecule has 17 heavy (non-hydrogen) atoms. The molecule has 1 heterocycles. The number of methoxy groups -OCH3 is 1. The first-order valence-corrected chi connectivity index (χ1v) is 4.89. The lowest BCUT2D eigenvalue weighted by Crippen LogP contribution is -1.91.